The van der Waals surface area contributed by atoms with Gasteiger partial charge in [-0.15, -0.1) is 11.6 Å². The van der Waals surface area contributed by atoms with E-state index in [2.05, 4.69) is 15.5 Å². The predicted octanol–water partition coefficient (Wildman–Crippen LogP) is 0.820. The number of imide groups is 1. The van der Waals surface area contributed by atoms with Crippen LogP contribution < -0.4 is 10.6 Å². The molecule has 100 valence electrons. The Labute approximate surface area is 111 Å². The van der Waals surface area contributed by atoms with Crippen molar-refractivity contribution < 1.29 is 9.59 Å². The first-order chi connectivity index (χ1) is 8.64. The smallest absolute Gasteiger partial charge is 0.322 e. The summed E-state index contributed by atoms with van der Waals surface area (Å²) in [6.07, 6.45) is 4.84. The molecule has 0 saturated carbocycles. The van der Waals surface area contributed by atoms with Crippen molar-refractivity contribution in [1.29, 1.82) is 0 Å². The van der Waals surface area contributed by atoms with Crippen LogP contribution in [0.25, 0.3) is 0 Å². The Morgan fingerprint density at radius 3 is 2.44 bits per heavy atom. The van der Waals surface area contributed by atoms with E-state index in [4.69, 9.17) is 11.6 Å². The third kappa shape index (κ3) is 1.80. The molecule has 1 spiro atoms. The third-order valence-electron chi connectivity index (χ3n) is 4.54. The summed E-state index contributed by atoms with van der Waals surface area (Å²) in [5.74, 6) is 0.480. The van der Waals surface area contributed by atoms with Crippen molar-refractivity contribution in [2.75, 3.05) is 12.4 Å². The topological polar surface area (TPSA) is 61.4 Å². The van der Waals surface area contributed by atoms with Gasteiger partial charge in [0.2, 0.25) is 0 Å². The van der Waals surface area contributed by atoms with Crippen LogP contribution in [0.3, 0.4) is 0 Å². The van der Waals surface area contributed by atoms with Crippen LogP contribution in [0, 0.1) is 0 Å². The van der Waals surface area contributed by atoms with Gasteiger partial charge in [0.1, 0.15) is 5.54 Å². The highest BCUT2D eigenvalue weighted by Gasteiger charge is 2.54. The van der Waals surface area contributed by atoms with Crippen molar-refractivity contribution in [2.45, 2.75) is 49.7 Å². The van der Waals surface area contributed by atoms with Crippen molar-refractivity contribution in [3.8, 4) is 0 Å². The minimum Gasteiger partial charge on any atom is -0.323 e. The van der Waals surface area contributed by atoms with Crippen LogP contribution >= 0.6 is 11.6 Å². The van der Waals surface area contributed by atoms with E-state index >= 15 is 0 Å². The maximum absolute atomic E-state index is 12.0. The zero-order valence-corrected chi connectivity index (χ0v) is 11.0. The lowest BCUT2D eigenvalue weighted by Crippen LogP contribution is -2.63. The van der Waals surface area contributed by atoms with Gasteiger partial charge in [-0.3, -0.25) is 15.0 Å². The second-order valence-electron chi connectivity index (χ2n) is 5.56. The lowest BCUT2D eigenvalue weighted by atomic mass is 9.73. The first kappa shape index (κ1) is 12.2. The molecule has 3 amide bonds. The van der Waals surface area contributed by atoms with Crippen LogP contribution in [0.15, 0.2) is 0 Å². The Morgan fingerprint density at radius 2 is 1.94 bits per heavy atom. The molecule has 0 aliphatic carbocycles. The van der Waals surface area contributed by atoms with Gasteiger partial charge in [-0.2, -0.15) is 0 Å². The highest BCUT2D eigenvalue weighted by molar-refractivity contribution is 6.18. The molecule has 3 heterocycles. The fourth-order valence-corrected chi connectivity index (χ4v) is 4.02. The number of fused-ring (bicyclic) bond motifs is 2. The highest BCUT2D eigenvalue weighted by atomic mass is 35.5. The third-order valence-corrected chi connectivity index (χ3v) is 4.71. The Morgan fingerprint density at radius 1 is 1.28 bits per heavy atom. The van der Waals surface area contributed by atoms with Crippen molar-refractivity contribution in [3.63, 3.8) is 0 Å². The van der Waals surface area contributed by atoms with Gasteiger partial charge in [0.05, 0.1) is 0 Å². The van der Waals surface area contributed by atoms with Gasteiger partial charge in [0.15, 0.2) is 0 Å². The predicted molar refractivity (Wildman–Crippen MR) is 67.5 cm³/mol. The number of urea groups is 1. The summed E-state index contributed by atoms with van der Waals surface area (Å²) < 4.78 is 0. The molecule has 3 atom stereocenters. The average molecular weight is 272 g/mol. The number of nitrogens with zero attached hydrogens (tertiary/aromatic N) is 1. The van der Waals surface area contributed by atoms with Crippen LogP contribution in [0.2, 0.25) is 0 Å². The minimum atomic E-state index is -0.657. The summed E-state index contributed by atoms with van der Waals surface area (Å²) in [5.41, 5.74) is -0.657. The van der Waals surface area contributed by atoms with Gasteiger partial charge < -0.3 is 5.32 Å². The summed E-state index contributed by atoms with van der Waals surface area (Å²) in [6, 6.07) is 0.407. The minimum absolute atomic E-state index is 0.144. The van der Waals surface area contributed by atoms with Gasteiger partial charge in [0, 0.05) is 24.5 Å². The molecule has 0 aromatic heterocycles. The van der Waals surface area contributed by atoms with Crippen LogP contribution in [0.4, 0.5) is 4.79 Å². The van der Waals surface area contributed by atoms with Gasteiger partial charge in [-0.1, -0.05) is 6.42 Å². The van der Waals surface area contributed by atoms with Gasteiger partial charge in [0.25, 0.3) is 5.91 Å². The Hall–Kier alpha value is -0.810. The van der Waals surface area contributed by atoms with Crippen molar-refractivity contribution in [2.24, 2.45) is 0 Å². The summed E-state index contributed by atoms with van der Waals surface area (Å²) in [5, 5.41) is 5.23. The molecule has 0 radical (unpaired) electrons. The van der Waals surface area contributed by atoms with Crippen molar-refractivity contribution >= 4 is 23.5 Å². The largest absolute Gasteiger partial charge is 0.323 e. The number of hydrogen-bond donors (Lipinski definition) is 2. The van der Waals surface area contributed by atoms with E-state index in [1.54, 1.807) is 0 Å². The zero-order valence-electron chi connectivity index (χ0n) is 10.2. The molecule has 3 rings (SSSR count). The molecule has 3 aliphatic rings. The highest BCUT2D eigenvalue weighted by Crippen LogP contribution is 2.40. The van der Waals surface area contributed by atoms with E-state index in [1.165, 1.54) is 6.42 Å². The summed E-state index contributed by atoms with van der Waals surface area (Å²) >= 11 is 5.86. The van der Waals surface area contributed by atoms with E-state index in [0.717, 1.165) is 32.2 Å². The number of alkyl halides is 1. The lowest BCUT2D eigenvalue weighted by Gasteiger charge is -2.51. The Kier molecular flexibility index (Phi) is 2.98. The average Bonchev–Trinajstić information content (AvgIpc) is 2.55. The number of carbonyl (C=O) groups excluding carboxylic acids is 2. The van der Waals surface area contributed by atoms with E-state index in [-0.39, 0.29) is 11.9 Å². The van der Waals surface area contributed by atoms with Crippen LogP contribution in [0.1, 0.15) is 32.1 Å². The molecule has 3 fully saturated rings. The van der Waals surface area contributed by atoms with Gasteiger partial charge in [-0.25, -0.2) is 4.79 Å². The molecular formula is C12H18ClN3O2. The van der Waals surface area contributed by atoms with E-state index < -0.39 is 5.54 Å². The summed E-state index contributed by atoms with van der Waals surface area (Å²) in [7, 11) is 0. The van der Waals surface area contributed by atoms with Crippen molar-refractivity contribution in [3.05, 3.63) is 0 Å². The Balaban J connectivity index is 1.83. The molecule has 3 saturated heterocycles. The summed E-state index contributed by atoms with van der Waals surface area (Å²) in [4.78, 5) is 25.8. The van der Waals surface area contributed by atoms with Crippen LogP contribution in [-0.2, 0) is 4.79 Å². The zero-order chi connectivity index (χ0) is 12.8. The fraction of sp³-hybridized carbons (Fsp3) is 0.833. The molecular weight excluding hydrogens is 254 g/mol. The van der Waals surface area contributed by atoms with E-state index in [0.29, 0.717) is 18.0 Å². The lowest BCUT2D eigenvalue weighted by molar-refractivity contribution is -0.128. The normalized spacial score (nSPS) is 39.8. The quantitative estimate of drug-likeness (QED) is 0.577. The first-order valence-electron chi connectivity index (χ1n) is 6.60. The second kappa shape index (κ2) is 4.38. The monoisotopic (exact) mass is 271 g/mol. The van der Waals surface area contributed by atoms with E-state index in [9.17, 15) is 9.59 Å². The SMILES string of the molecule is O=C1NC(=O)C2(C[C@H]3CCC[C@@H](C2)N3CCCl)N1. The molecule has 0 aromatic carbocycles. The number of piperidine rings is 2. The van der Waals surface area contributed by atoms with Gasteiger partial charge >= 0.3 is 6.03 Å². The standard InChI is InChI=1S/C12H18ClN3O2/c13-4-5-16-8-2-1-3-9(16)7-12(6-8)10(17)14-11(18)15-12/h8-9H,1-7H2,(H2,14,15,17,18)/t8-,9+,12?. The summed E-state index contributed by atoms with van der Waals surface area (Å²) in [6.45, 7) is 0.878. The molecule has 5 nitrogen and oxygen atoms in total. The second-order valence-corrected chi connectivity index (χ2v) is 5.94. The molecule has 0 aromatic rings. The molecule has 3 aliphatic heterocycles. The van der Waals surface area contributed by atoms with Gasteiger partial charge in [-0.05, 0) is 25.7 Å². The number of nitrogens with one attached hydrogen (secondary N) is 2. The van der Waals surface area contributed by atoms with Crippen LogP contribution in [0.5, 0.6) is 0 Å². The first-order valence-corrected chi connectivity index (χ1v) is 7.13. The number of rotatable bonds is 2. The maximum Gasteiger partial charge on any atom is 0.322 e. The fourth-order valence-electron chi connectivity index (χ4n) is 3.82. The Bertz CT molecular complexity index is 374. The number of hydrogen-bond acceptors (Lipinski definition) is 3. The molecule has 2 bridgehead atoms. The number of amides is 3. The molecule has 18 heavy (non-hydrogen) atoms. The number of halogens is 1. The molecule has 2 N–H and O–H groups in total. The van der Waals surface area contributed by atoms with Crippen LogP contribution in [-0.4, -0.2) is 46.9 Å². The number of carbonyl (C=O) groups is 2. The van der Waals surface area contributed by atoms with Crippen molar-refractivity contribution in [1.82, 2.24) is 15.5 Å². The van der Waals surface area contributed by atoms with E-state index in [1.807, 2.05) is 0 Å². The molecule has 1 unspecified atom stereocenters. The maximum atomic E-state index is 12.0. The molecule has 6 heteroatoms.